The number of methoxy groups -OCH3 is 1. The van der Waals surface area contributed by atoms with Crippen LogP contribution in [0.4, 0.5) is 0 Å². The first-order chi connectivity index (χ1) is 13.2. The number of hydrogen-bond donors (Lipinski definition) is 0. The lowest BCUT2D eigenvalue weighted by Gasteiger charge is -2.05. The SMILES string of the molecule is COC(=O)C#Cc1cccc(OCCc2nc(-c3ccccc3)oc2C)c1. The van der Waals surface area contributed by atoms with Crippen molar-refractivity contribution in [3.63, 3.8) is 0 Å². The number of oxazole rings is 1. The van der Waals surface area contributed by atoms with E-state index in [4.69, 9.17) is 9.15 Å². The lowest BCUT2D eigenvalue weighted by atomic mass is 10.2. The Morgan fingerprint density at radius 1 is 1.15 bits per heavy atom. The molecule has 0 radical (unpaired) electrons. The normalized spacial score (nSPS) is 10.0. The van der Waals surface area contributed by atoms with Gasteiger partial charge < -0.3 is 13.9 Å². The van der Waals surface area contributed by atoms with E-state index in [1.54, 1.807) is 12.1 Å². The number of esters is 1. The van der Waals surface area contributed by atoms with Crippen LogP contribution < -0.4 is 4.74 Å². The van der Waals surface area contributed by atoms with Crippen molar-refractivity contribution in [2.24, 2.45) is 0 Å². The van der Waals surface area contributed by atoms with Crippen LogP contribution in [-0.2, 0) is 16.0 Å². The molecular formula is C22H19NO4. The Hall–Kier alpha value is -3.52. The maximum atomic E-state index is 11.1. The first-order valence-electron chi connectivity index (χ1n) is 8.50. The molecule has 0 spiro atoms. The zero-order valence-corrected chi connectivity index (χ0v) is 15.2. The Labute approximate surface area is 158 Å². The number of rotatable bonds is 5. The van der Waals surface area contributed by atoms with Gasteiger partial charge in [-0.25, -0.2) is 9.78 Å². The van der Waals surface area contributed by atoms with Gasteiger partial charge in [0.25, 0.3) is 0 Å². The quantitative estimate of drug-likeness (QED) is 0.511. The molecule has 0 aliphatic carbocycles. The smallest absolute Gasteiger partial charge is 0.384 e. The minimum atomic E-state index is -0.572. The summed E-state index contributed by atoms with van der Waals surface area (Å²) in [5, 5.41) is 0. The number of nitrogens with zero attached hydrogens (tertiary/aromatic N) is 1. The maximum absolute atomic E-state index is 11.1. The summed E-state index contributed by atoms with van der Waals surface area (Å²) >= 11 is 0. The molecule has 0 atom stereocenters. The van der Waals surface area contributed by atoms with Crippen LogP contribution >= 0.6 is 0 Å². The van der Waals surface area contributed by atoms with Crippen LogP contribution in [0.2, 0.25) is 0 Å². The highest BCUT2D eigenvalue weighted by Gasteiger charge is 2.11. The average Bonchev–Trinajstić information content (AvgIpc) is 3.08. The second-order valence-electron chi connectivity index (χ2n) is 5.76. The van der Waals surface area contributed by atoms with E-state index in [2.05, 4.69) is 21.6 Å². The second-order valence-corrected chi connectivity index (χ2v) is 5.76. The molecule has 0 unspecified atom stereocenters. The third-order valence-corrected chi connectivity index (χ3v) is 3.85. The van der Waals surface area contributed by atoms with Gasteiger partial charge in [0.1, 0.15) is 11.5 Å². The Bertz CT molecular complexity index is 980. The Kier molecular flexibility index (Phi) is 5.91. The van der Waals surface area contributed by atoms with Crippen molar-refractivity contribution < 1.29 is 18.7 Å². The molecular weight excluding hydrogens is 342 g/mol. The summed E-state index contributed by atoms with van der Waals surface area (Å²) in [7, 11) is 1.30. The van der Waals surface area contributed by atoms with E-state index in [0.29, 0.717) is 30.2 Å². The maximum Gasteiger partial charge on any atom is 0.384 e. The molecule has 27 heavy (non-hydrogen) atoms. The number of ether oxygens (including phenoxy) is 2. The summed E-state index contributed by atoms with van der Waals surface area (Å²) in [5.74, 6) is 6.64. The minimum absolute atomic E-state index is 0.454. The molecule has 0 amide bonds. The Balaban J connectivity index is 1.61. The van der Waals surface area contributed by atoms with Gasteiger partial charge >= 0.3 is 5.97 Å². The van der Waals surface area contributed by atoms with Crippen molar-refractivity contribution in [1.82, 2.24) is 4.98 Å². The summed E-state index contributed by atoms with van der Waals surface area (Å²) in [5.41, 5.74) is 2.50. The largest absolute Gasteiger partial charge is 0.493 e. The van der Waals surface area contributed by atoms with Gasteiger partial charge in [-0.1, -0.05) is 30.2 Å². The van der Waals surface area contributed by atoms with Crippen molar-refractivity contribution in [3.8, 4) is 29.0 Å². The highest BCUT2D eigenvalue weighted by Crippen LogP contribution is 2.22. The summed E-state index contributed by atoms with van der Waals surface area (Å²) in [6, 6.07) is 17.0. The summed E-state index contributed by atoms with van der Waals surface area (Å²) in [6.07, 6.45) is 0.625. The van der Waals surface area contributed by atoms with Gasteiger partial charge in [-0.15, -0.1) is 0 Å². The molecule has 5 heteroatoms. The van der Waals surface area contributed by atoms with E-state index >= 15 is 0 Å². The number of hydrogen-bond acceptors (Lipinski definition) is 5. The van der Waals surface area contributed by atoms with Crippen molar-refractivity contribution in [1.29, 1.82) is 0 Å². The van der Waals surface area contributed by atoms with E-state index in [-0.39, 0.29) is 0 Å². The van der Waals surface area contributed by atoms with Gasteiger partial charge in [-0.2, -0.15) is 0 Å². The fourth-order valence-electron chi connectivity index (χ4n) is 2.47. The number of carbonyl (C=O) groups excluding carboxylic acids is 1. The van der Waals surface area contributed by atoms with Crippen molar-refractivity contribution in [2.45, 2.75) is 13.3 Å². The molecule has 0 aliphatic rings. The van der Waals surface area contributed by atoms with E-state index in [1.165, 1.54) is 7.11 Å². The van der Waals surface area contributed by atoms with Gasteiger partial charge in [-0.05, 0) is 37.3 Å². The molecule has 0 saturated heterocycles. The first kappa shape index (κ1) is 18.3. The summed E-state index contributed by atoms with van der Waals surface area (Å²) < 4.78 is 16.0. The molecule has 3 rings (SSSR count). The van der Waals surface area contributed by atoms with Crippen LogP contribution in [0.25, 0.3) is 11.5 Å². The predicted octanol–water partition coefficient (Wildman–Crippen LogP) is 3.80. The molecule has 5 nitrogen and oxygen atoms in total. The lowest BCUT2D eigenvalue weighted by Crippen LogP contribution is -2.03. The molecule has 2 aromatic carbocycles. The van der Waals surface area contributed by atoms with Gasteiger partial charge in [0.05, 0.1) is 19.4 Å². The average molecular weight is 361 g/mol. The van der Waals surface area contributed by atoms with Gasteiger partial charge in [-0.3, -0.25) is 0 Å². The third-order valence-electron chi connectivity index (χ3n) is 3.85. The Morgan fingerprint density at radius 2 is 1.96 bits per heavy atom. The zero-order chi connectivity index (χ0) is 19.1. The number of benzene rings is 2. The fraction of sp³-hybridized carbons (Fsp3) is 0.182. The molecule has 0 bridgehead atoms. The molecule has 136 valence electrons. The van der Waals surface area contributed by atoms with Crippen LogP contribution in [-0.4, -0.2) is 24.7 Å². The van der Waals surface area contributed by atoms with Crippen molar-refractivity contribution in [3.05, 3.63) is 71.6 Å². The van der Waals surface area contributed by atoms with Crippen LogP contribution in [0.15, 0.2) is 59.0 Å². The lowest BCUT2D eigenvalue weighted by molar-refractivity contribution is -0.133. The highest BCUT2D eigenvalue weighted by molar-refractivity contribution is 5.89. The van der Waals surface area contributed by atoms with Crippen LogP contribution in [0.3, 0.4) is 0 Å². The van der Waals surface area contributed by atoms with E-state index in [9.17, 15) is 4.79 Å². The molecule has 1 aromatic heterocycles. The van der Waals surface area contributed by atoms with Crippen LogP contribution in [0, 0.1) is 18.8 Å². The summed E-state index contributed by atoms with van der Waals surface area (Å²) in [4.78, 5) is 15.7. The molecule has 0 aliphatic heterocycles. The third kappa shape index (κ3) is 4.99. The molecule has 0 fully saturated rings. The topological polar surface area (TPSA) is 61.6 Å². The van der Waals surface area contributed by atoms with Crippen molar-refractivity contribution in [2.75, 3.05) is 13.7 Å². The van der Waals surface area contributed by atoms with E-state index in [0.717, 1.165) is 17.0 Å². The Morgan fingerprint density at radius 3 is 2.74 bits per heavy atom. The minimum Gasteiger partial charge on any atom is -0.493 e. The number of aromatic nitrogens is 1. The van der Waals surface area contributed by atoms with E-state index in [1.807, 2.05) is 49.4 Å². The molecule has 3 aromatic rings. The fourth-order valence-corrected chi connectivity index (χ4v) is 2.47. The summed E-state index contributed by atoms with van der Waals surface area (Å²) in [6.45, 7) is 2.35. The van der Waals surface area contributed by atoms with Crippen LogP contribution in [0.5, 0.6) is 5.75 Å². The van der Waals surface area contributed by atoms with Gasteiger partial charge in [0.2, 0.25) is 5.89 Å². The molecule has 0 N–H and O–H groups in total. The number of aryl methyl sites for hydroxylation is 1. The highest BCUT2D eigenvalue weighted by atomic mass is 16.5. The zero-order valence-electron chi connectivity index (χ0n) is 15.2. The second kappa shape index (κ2) is 8.72. The van der Waals surface area contributed by atoms with Crippen molar-refractivity contribution >= 4 is 5.97 Å². The van der Waals surface area contributed by atoms with Gasteiger partial charge in [0, 0.05) is 23.5 Å². The predicted molar refractivity (Wildman–Crippen MR) is 101 cm³/mol. The van der Waals surface area contributed by atoms with Gasteiger partial charge in [0.15, 0.2) is 0 Å². The number of carbonyl (C=O) groups is 1. The van der Waals surface area contributed by atoms with E-state index < -0.39 is 5.97 Å². The standard InChI is InChI=1S/C22H19NO4/c1-16-20(23-22(27-16)18-8-4-3-5-9-18)13-14-26-19-10-6-7-17(15-19)11-12-21(24)25-2/h3-10,15H,13-14H2,1-2H3. The van der Waals surface area contributed by atoms with Crippen LogP contribution in [0.1, 0.15) is 17.0 Å². The molecule has 1 heterocycles. The molecule has 0 saturated carbocycles. The first-order valence-corrected chi connectivity index (χ1v) is 8.50. The monoisotopic (exact) mass is 361 g/mol.